The Hall–Kier alpha value is -1.56. The molecule has 20 heavy (non-hydrogen) atoms. The zero-order valence-electron chi connectivity index (χ0n) is 11.9. The van der Waals surface area contributed by atoms with Crippen LogP contribution in [0.25, 0.3) is 0 Å². The number of rotatable bonds is 1. The second-order valence-electron chi connectivity index (χ2n) is 5.98. The molecular formula is C14H20FN3OS. The lowest BCUT2D eigenvalue weighted by Crippen LogP contribution is -2.54. The van der Waals surface area contributed by atoms with Gasteiger partial charge in [0.25, 0.3) is 0 Å². The van der Waals surface area contributed by atoms with Crippen LogP contribution in [0.3, 0.4) is 0 Å². The van der Waals surface area contributed by atoms with Gasteiger partial charge < -0.3 is 11.5 Å². The van der Waals surface area contributed by atoms with Gasteiger partial charge >= 0.3 is 0 Å². The molecule has 0 saturated heterocycles. The SMILES string of the molecule is C=S1(=O)C[C@@](C)(c2cc(N)ccc2F)N=C(N)C1(C)C. The number of hydrogen-bond donors (Lipinski definition) is 2. The third-order valence-corrected chi connectivity index (χ3v) is 7.10. The van der Waals surface area contributed by atoms with Crippen LogP contribution in [0.4, 0.5) is 10.1 Å². The zero-order chi connectivity index (χ0) is 15.3. The van der Waals surface area contributed by atoms with Gasteiger partial charge in [-0.25, -0.2) is 4.39 Å². The Morgan fingerprint density at radius 3 is 2.50 bits per heavy atom. The summed E-state index contributed by atoms with van der Waals surface area (Å²) in [6, 6.07) is 4.27. The Labute approximate surface area is 119 Å². The average Bonchev–Trinajstić information content (AvgIpc) is 2.29. The highest BCUT2D eigenvalue weighted by atomic mass is 32.2. The van der Waals surface area contributed by atoms with Crippen LogP contribution in [0.2, 0.25) is 0 Å². The number of anilines is 1. The van der Waals surface area contributed by atoms with Crippen molar-refractivity contribution in [2.75, 3.05) is 11.5 Å². The Morgan fingerprint density at radius 2 is 1.95 bits per heavy atom. The molecule has 2 rings (SSSR count). The summed E-state index contributed by atoms with van der Waals surface area (Å²) >= 11 is 0. The van der Waals surface area contributed by atoms with Crippen molar-refractivity contribution in [3.05, 3.63) is 29.6 Å². The van der Waals surface area contributed by atoms with E-state index in [1.54, 1.807) is 20.8 Å². The number of nitrogens with zero attached hydrogens (tertiary/aromatic N) is 1. The summed E-state index contributed by atoms with van der Waals surface area (Å²) in [5, 5.41) is 0. The minimum atomic E-state index is -2.56. The van der Waals surface area contributed by atoms with E-state index in [0.29, 0.717) is 11.3 Å². The largest absolute Gasteiger partial charge is 0.399 e. The van der Waals surface area contributed by atoms with Crippen LogP contribution in [0.5, 0.6) is 0 Å². The molecule has 0 amide bonds. The Morgan fingerprint density at radius 1 is 1.35 bits per heavy atom. The van der Waals surface area contributed by atoms with E-state index < -0.39 is 25.6 Å². The van der Waals surface area contributed by atoms with Gasteiger partial charge in [-0.05, 0) is 54.4 Å². The first-order chi connectivity index (χ1) is 8.99. The van der Waals surface area contributed by atoms with E-state index in [0.717, 1.165) is 0 Å². The lowest BCUT2D eigenvalue weighted by atomic mass is 9.93. The van der Waals surface area contributed by atoms with Crippen molar-refractivity contribution in [1.29, 1.82) is 0 Å². The van der Waals surface area contributed by atoms with Crippen LogP contribution in [0.15, 0.2) is 23.2 Å². The van der Waals surface area contributed by atoms with E-state index in [1.807, 2.05) is 0 Å². The molecule has 1 heterocycles. The fourth-order valence-electron chi connectivity index (χ4n) is 2.35. The Balaban J connectivity index is 2.69. The van der Waals surface area contributed by atoms with Crippen molar-refractivity contribution in [3.8, 4) is 0 Å². The Bertz CT molecular complexity index is 694. The number of nitrogen functional groups attached to an aromatic ring is 1. The summed E-state index contributed by atoms with van der Waals surface area (Å²) in [5.74, 6) is 3.74. The molecule has 0 radical (unpaired) electrons. The van der Waals surface area contributed by atoms with Crippen molar-refractivity contribution in [3.63, 3.8) is 0 Å². The summed E-state index contributed by atoms with van der Waals surface area (Å²) in [5.41, 5.74) is 11.4. The van der Waals surface area contributed by atoms with Gasteiger partial charge in [0.15, 0.2) is 0 Å². The van der Waals surface area contributed by atoms with Crippen molar-refractivity contribution >= 4 is 26.9 Å². The molecule has 0 spiro atoms. The molecule has 2 atom stereocenters. The van der Waals surface area contributed by atoms with E-state index >= 15 is 0 Å². The molecule has 0 aromatic heterocycles. The fourth-order valence-corrected chi connectivity index (χ4v) is 4.27. The predicted molar refractivity (Wildman–Crippen MR) is 84.0 cm³/mol. The van der Waals surface area contributed by atoms with Crippen LogP contribution < -0.4 is 11.5 Å². The topological polar surface area (TPSA) is 81.5 Å². The van der Waals surface area contributed by atoms with E-state index in [-0.39, 0.29) is 11.6 Å². The van der Waals surface area contributed by atoms with Crippen LogP contribution in [-0.4, -0.2) is 26.4 Å². The van der Waals surface area contributed by atoms with Crippen molar-refractivity contribution in [2.24, 2.45) is 10.7 Å². The normalized spacial score (nSPS) is 32.7. The number of nitrogens with two attached hydrogens (primary N) is 2. The van der Waals surface area contributed by atoms with Crippen LogP contribution in [0.1, 0.15) is 26.3 Å². The molecule has 1 aliphatic rings. The Kier molecular flexibility index (Phi) is 3.13. The summed E-state index contributed by atoms with van der Waals surface area (Å²) in [4.78, 5) is 4.41. The highest BCUT2D eigenvalue weighted by Crippen LogP contribution is 2.38. The van der Waals surface area contributed by atoms with Gasteiger partial charge in [0.1, 0.15) is 11.7 Å². The highest BCUT2D eigenvalue weighted by molar-refractivity contribution is 8.02. The van der Waals surface area contributed by atoms with Crippen LogP contribution in [-0.2, 0) is 15.1 Å². The number of hydrogen-bond acceptors (Lipinski definition) is 4. The molecule has 4 nitrogen and oxygen atoms in total. The maximum absolute atomic E-state index is 14.1. The quantitative estimate of drug-likeness (QED) is 0.608. The van der Waals surface area contributed by atoms with Gasteiger partial charge in [-0.15, -0.1) is 0 Å². The second-order valence-corrected chi connectivity index (χ2v) is 8.91. The molecule has 6 heteroatoms. The molecule has 110 valence electrons. The molecule has 1 aromatic rings. The molecule has 1 unspecified atom stereocenters. The number of amidine groups is 1. The lowest BCUT2D eigenvalue weighted by molar-refractivity contribution is 0.493. The summed E-state index contributed by atoms with van der Waals surface area (Å²) < 4.78 is 26.1. The second kappa shape index (κ2) is 4.22. The molecule has 1 aromatic carbocycles. The molecule has 1 aliphatic heterocycles. The van der Waals surface area contributed by atoms with E-state index in [2.05, 4.69) is 10.9 Å². The van der Waals surface area contributed by atoms with E-state index in [9.17, 15) is 8.60 Å². The highest BCUT2D eigenvalue weighted by Gasteiger charge is 2.45. The molecule has 0 saturated carbocycles. The first-order valence-corrected chi connectivity index (χ1v) is 8.15. The van der Waals surface area contributed by atoms with Crippen molar-refractivity contribution in [2.45, 2.75) is 31.1 Å². The molecule has 0 aliphatic carbocycles. The number of benzene rings is 1. The monoisotopic (exact) mass is 297 g/mol. The fraction of sp³-hybridized carbons (Fsp3) is 0.429. The summed E-state index contributed by atoms with van der Waals surface area (Å²) in [6.45, 7) is 5.20. The third-order valence-electron chi connectivity index (χ3n) is 4.00. The lowest BCUT2D eigenvalue weighted by Gasteiger charge is -2.41. The van der Waals surface area contributed by atoms with Gasteiger partial charge in [0.05, 0.1) is 10.3 Å². The summed E-state index contributed by atoms with van der Waals surface area (Å²) in [7, 11) is -2.56. The number of halogens is 1. The van der Waals surface area contributed by atoms with Crippen LogP contribution in [0, 0.1) is 5.82 Å². The molecule has 0 bridgehead atoms. The number of aliphatic imine (C=N–C) groups is 1. The molecular weight excluding hydrogens is 277 g/mol. The van der Waals surface area contributed by atoms with Crippen molar-refractivity contribution in [1.82, 2.24) is 0 Å². The van der Waals surface area contributed by atoms with Crippen LogP contribution >= 0.6 is 0 Å². The zero-order valence-corrected chi connectivity index (χ0v) is 12.8. The first-order valence-electron chi connectivity index (χ1n) is 6.25. The average molecular weight is 297 g/mol. The maximum Gasteiger partial charge on any atom is 0.129 e. The van der Waals surface area contributed by atoms with Gasteiger partial charge in [0.2, 0.25) is 0 Å². The first kappa shape index (κ1) is 14.8. The van der Waals surface area contributed by atoms with E-state index in [4.69, 9.17) is 11.5 Å². The molecule has 0 fully saturated rings. The smallest absolute Gasteiger partial charge is 0.129 e. The van der Waals surface area contributed by atoms with Gasteiger partial charge in [-0.2, -0.15) is 0 Å². The van der Waals surface area contributed by atoms with Gasteiger partial charge in [0, 0.05) is 17.0 Å². The van der Waals surface area contributed by atoms with Crippen molar-refractivity contribution < 1.29 is 8.60 Å². The maximum atomic E-state index is 14.1. The predicted octanol–water partition coefficient (Wildman–Crippen LogP) is 1.49. The standard InChI is InChI=1S/C14H20FN3OS/c1-13(2)12(17)18-14(3,8-20(13,4)19)10-7-9(16)5-6-11(10)15/h5-7H,4,8,16H2,1-3H3,(H2,17,18)/t14-,20?/m0/s1. The minimum absolute atomic E-state index is 0.133. The third kappa shape index (κ3) is 2.08. The van der Waals surface area contributed by atoms with Gasteiger partial charge in [-0.3, -0.25) is 9.20 Å². The van der Waals surface area contributed by atoms with Gasteiger partial charge in [-0.1, -0.05) is 0 Å². The molecule has 4 N–H and O–H groups in total. The minimum Gasteiger partial charge on any atom is -0.399 e. The summed E-state index contributed by atoms with van der Waals surface area (Å²) in [6.07, 6.45) is 0. The van der Waals surface area contributed by atoms with E-state index in [1.165, 1.54) is 18.2 Å².